The van der Waals surface area contributed by atoms with Gasteiger partial charge in [0.15, 0.2) is 0 Å². The Balaban J connectivity index is 2.94. The molecule has 1 rings (SSSR count). The quantitative estimate of drug-likeness (QED) is 0.796. The number of nitrogens with two attached hydrogens (primary N) is 1. The van der Waals surface area contributed by atoms with E-state index in [2.05, 4.69) is 0 Å². The third-order valence-corrected chi connectivity index (χ3v) is 2.04. The van der Waals surface area contributed by atoms with Crippen LogP contribution in [0.15, 0.2) is 24.3 Å². The molecule has 1 aromatic carbocycles. The summed E-state index contributed by atoms with van der Waals surface area (Å²) in [7, 11) is 0. The number of primary amides is 1. The number of rotatable bonds is 3. The summed E-state index contributed by atoms with van der Waals surface area (Å²) in [6, 6.07) is 7.35. The molecule has 2 amide bonds. The SMILES string of the molecule is CC(=O)N(CC(N)=O)c1ccc(C)cc1. The number of amides is 2. The molecular formula is C11H14N2O2. The molecule has 0 saturated carbocycles. The van der Waals surface area contributed by atoms with Gasteiger partial charge in [0.2, 0.25) is 11.8 Å². The van der Waals surface area contributed by atoms with Gasteiger partial charge in [0.25, 0.3) is 0 Å². The van der Waals surface area contributed by atoms with Crippen LogP contribution >= 0.6 is 0 Å². The molecular weight excluding hydrogens is 192 g/mol. The highest BCUT2D eigenvalue weighted by Crippen LogP contribution is 2.14. The van der Waals surface area contributed by atoms with Gasteiger partial charge in [-0.25, -0.2) is 0 Å². The van der Waals surface area contributed by atoms with Crippen molar-refractivity contribution in [1.82, 2.24) is 0 Å². The lowest BCUT2D eigenvalue weighted by Gasteiger charge is -2.19. The predicted octanol–water partition coefficient (Wildman–Crippen LogP) is 0.833. The molecule has 0 aliphatic heterocycles. The van der Waals surface area contributed by atoms with Crippen LogP contribution in [-0.2, 0) is 9.59 Å². The van der Waals surface area contributed by atoms with E-state index in [1.54, 1.807) is 12.1 Å². The molecule has 4 nitrogen and oxygen atoms in total. The fourth-order valence-corrected chi connectivity index (χ4v) is 1.26. The molecule has 0 heterocycles. The first kappa shape index (κ1) is 11.2. The van der Waals surface area contributed by atoms with Crippen LogP contribution in [0.5, 0.6) is 0 Å². The maximum Gasteiger partial charge on any atom is 0.237 e. The first-order chi connectivity index (χ1) is 7.00. The smallest absolute Gasteiger partial charge is 0.237 e. The molecule has 0 atom stereocenters. The van der Waals surface area contributed by atoms with E-state index in [0.29, 0.717) is 5.69 Å². The number of carbonyl (C=O) groups is 2. The second-order valence-electron chi connectivity index (χ2n) is 3.41. The van der Waals surface area contributed by atoms with Gasteiger partial charge in [-0.1, -0.05) is 17.7 Å². The third-order valence-electron chi connectivity index (χ3n) is 2.04. The van der Waals surface area contributed by atoms with Crippen LogP contribution in [0, 0.1) is 6.92 Å². The number of hydrogen-bond acceptors (Lipinski definition) is 2. The Morgan fingerprint density at radius 3 is 2.20 bits per heavy atom. The van der Waals surface area contributed by atoms with Crippen LogP contribution in [0.1, 0.15) is 12.5 Å². The third kappa shape index (κ3) is 3.09. The number of hydrogen-bond donors (Lipinski definition) is 1. The first-order valence-corrected chi connectivity index (χ1v) is 4.64. The van der Waals surface area contributed by atoms with E-state index in [9.17, 15) is 9.59 Å². The van der Waals surface area contributed by atoms with Gasteiger partial charge in [0, 0.05) is 12.6 Å². The lowest BCUT2D eigenvalue weighted by atomic mass is 10.2. The van der Waals surface area contributed by atoms with Crippen molar-refractivity contribution >= 4 is 17.5 Å². The lowest BCUT2D eigenvalue weighted by Crippen LogP contribution is -2.37. The Bertz CT molecular complexity index is 371. The van der Waals surface area contributed by atoms with Gasteiger partial charge < -0.3 is 10.6 Å². The van der Waals surface area contributed by atoms with Gasteiger partial charge in [0.1, 0.15) is 6.54 Å². The molecule has 2 N–H and O–H groups in total. The summed E-state index contributed by atoms with van der Waals surface area (Å²) in [6.45, 7) is 3.27. The fraction of sp³-hybridized carbons (Fsp3) is 0.273. The Morgan fingerprint density at radius 1 is 1.27 bits per heavy atom. The molecule has 0 aliphatic rings. The maximum atomic E-state index is 11.3. The van der Waals surface area contributed by atoms with Gasteiger partial charge in [0.05, 0.1) is 0 Å². The molecule has 0 aliphatic carbocycles. The minimum atomic E-state index is -0.522. The Kier molecular flexibility index (Phi) is 3.44. The standard InChI is InChI=1S/C11H14N2O2/c1-8-3-5-10(6-4-8)13(9(2)14)7-11(12)15/h3-6H,7H2,1-2H3,(H2,12,15). The van der Waals surface area contributed by atoms with E-state index >= 15 is 0 Å². The van der Waals surface area contributed by atoms with Crippen molar-refractivity contribution in [2.45, 2.75) is 13.8 Å². The van der Waals surface area contributed by atoms with Crippen molar-refractivity contribution in [2.24, 2.45) is 5.73 Å². The average molecular weight is 206 g/mol. The molecule has 0 fully saturated rings. The van der Waals surface area contributed by atoms with Crippen LogP contribution in [0.3, 0.4) is 0 Å². The molecule has 1 aromatic rings. The van der Waals surface area contributed by atoms with E-state index in [1.807, 2.05) is 19.1 Å². The Labute approximate surface area is 88.7 Å². The van der Waals surface area contributed by atoms with E-state index < -0.39 is 5.91 Å². The van der Waals surface area contributed by atoms with Crippen LogP contribution in [0.2, 0.25) is 0 Å². The highest BCUT2D eigenvalue weighted by Gasteiger charge is 2.13. The average Bonchev–Trinajstić information content (AvgIpc) is 2.15. The summed E-state index contributed by atoms with van der Waals surface area (Å²) in [5, 5.41) is 0. The first-order valence-electron chi connectivity index (χ1n) is 4.64. The summed E-state index contributed by atoms with van der Waals surface area (Å²) in [4.78, 5) is 23.4. The Morgan fingerprint density at radius 2 is 1.80 bits per heavy atom. The molecule has 15 heavy (non-hydrogen) atoms. The van der Waals surface area contributed by atoms with E-state index in [-0.39, 0.29) is 12.5 Å². The van der Waals surface area contributed by atoms with Crippen LogP contribution in [0.4, 0.5) is 5.69 Å². The van der Waals surface area contributed by atoms with E-state index in [4.69, 9.17) is 5.73 Å². The molecule has 0 saturated heterocycles. The van der Waals surface area contributed by atoms with Crippen molar-refractivity contribution in [2.75, 3.05) is 11.4 Å². The number of carbonyl (C=O) groups excluding carboxylic acids is 2. The number of aryl methyl sites for hydroxylation is 1. The van der Waals surface area contributed by atoms with Crippen molar-refractivity contribution < 1.29 is 9.59 Å². The second-order valence-corrected chi connectivity index (χ2v) is 3.41. The van der Waals surface area contributed by atoms with Gasteiger partial charge in [-0.15, -0.1) is 0 Å². The normalized spacial score (nSPS) is 9.73. The van der Waals surface area contributed by atoms with Crippen LogP contribution < -0.4 is 10.6 Å². The molecule has 0 unspecified atom stereocenters. The summed E-state index contributed by atoms with van der Waals surface area (Å²) in [5.74, 6) is -0.719. The van der Waals surface area contributed by atoms with Gasteiger partial charge >= 0.3 is 0 Å². The molecule has 80 valence electrons. The van der Waals surface area contributed by atoms with Crippen LogP contribution in [-0.4, -0.2) is 18.4 Å². The van der Waals surface area contributed by atoms with Gasteiger partial charge in [-0.3, -0.25) is 9.59 Å². The minimum Gasteiger partial charge on any atom is -0.368 e. The van der Waals surface area contributed by atoms with E-state index in [1.165, 1.54) is 11.8 Å². The Hall–Kier alpha value is -1.84. The molecule has 0 radical (unpaired) electrons. The predicted molar refractivity (Wildman–Crippen MR) is 58.4 cm³/mol. The lowest BCUT2D eigenvalue weighted by molar-refractivity contribution is -0.121. The second kappa shape index (κ2) is 4.59. The summed E-state index contributed by atoms with van der Waals surface area (Å²) >= 11 is 0. The zero-order valence-electron chi connectivity index (χ0n) is 8.86. The van der Waals surface area contributed by atoms with Crippen molar-refractivity contribution in [3.05, 3.63) is 29.8 Å². The van der Waals surface area contributed by atoms with Crippen LogP contribution in [0.25, 0.3) is 0 Å². The molecule has 0 aromatic heterocycles. The van der Waals surface area contributed by atoms with Crippen molar-refractivity contribution in [1.29, 1.82) is 0 Å². The number of benzene rings is 1. The highest BCUT2D eigenvalue weighted by atomic mass is 16.2. The minimum absolute atomic E-state index is 0.0849. The van der Waals surface area contributed by atoms with Crippen molar-refractivity contribution in [3.63, 3.8) is 0 Å². The van der Waals surface area contributed by atoms with E-state index in [0.717, 1.165) is 5.56 Å². The fourth-order valence-electron chi connectivity index (χ4n) is 1.26. The maximum absolute atomic E-state index is 11.3. The molecule has 0 bridgehead atoms. The highest BCUT2D eigenvalue weighted by molar-refractivity contribution is 5.96. The van der Waals surface area contributed by atoms with Crippen molar-refractivity contribution in [3.8, 4) is 0 Å². The summed E-state index contributed by atoms with van der Waals surface area (Å²) < 4.78 is 0. The zero-order chi connectivity index (χ0) is 11.4. The molecule has 4 heteroatoms. The topological polar surface area (TPSA) is 63.4 Å². The number of anilines is 1. The largest absolute Gasteiger partial charge is 0.368 e. The summed E-state index contributed by atoms with van der Waals surface area (Å²) in [5.41, 5.74) is 6.85. The number of nitrogens with zero attached hydrogens (tertiary/aromatic N) is 1. The van der Waals surface area contributed by atoms with Gasteiger partial charge in [-0.05, 0) is 19.1 Å². The molecule has 0 spiro atoms. The summed E-state index contributed by atoms with van der Waals surface area (Å²) in [6.07, 6.45) is 0. The zero-order valence-corrected chi connectivity index (χ0v) is 8.86. The van der Waals surface area contributed by atoms with Gasteiger partial charge in [-0.2, -0.15) is 0 Å². The monoisotopic (exact) mass is 206 g/mol.